The minimum absolute atomic E-state index is 0.00356. The lowest BCUT2D eigenvalue weighted by molar-refractivity contribution is -0.134. The van der Waals surface area contributed by atoms with Crippen LogP contribution < -0.4 is 5.32 Å². The first-order chi connectivity index (χ1) is 8.63. The third-order valence-corrected chi connectivity index (χ3v) is 3.32. The Hall–Kier alpha value is -1.55. The van der Waals surface area contributed by atoms with Gasteiger partial charge in [0.1, 0.15) is 6.04 Å². The Labute approximate surface area is 108 Å². The molecule has 1 aromatic carbocycles. The highest BCUT2D eigenvalue weighted by molar-refractivity contribution is 5.87. The Morgan fingerprint density at radius 3 is 2.83 bits per heavy atom. The first kappa shape index (κ1) is 12.9. The zero-order chi connectivity index (χ0) is 13.1. The van der Waals surface area contributed by atoms with Crippen LogP contribution in [0.3, 0.4) is 0 Å². The fourth-order valence-electron chi connectivity index (χ4n) is 2.38. The van der Waals surface area contributed by atoms with Crippen molar-refractivity contribution >= 4 is 11.6 Å². The molecule has 2 rings (SSSR count). The third-order valence-electron chi connectivity index (χ3n) is 3.32. The Morgan fingerprint density at radius 2 is 2.22 bits per heavy atom. The quantitative estimate of drug-likeness (QED) is 0.843. The summed E-state index contributed by atoms with van der Waals surface area (Å²) in [5, 5.41) is 12.3. The van der Waals surface area contributed by atoms with Gasteiger partial charge in [0, 0.05) is 24.7 Å². The fraction of sp³-hybridized carbons (Fsp3) is 0.500. The minimum atomic E-state index is -0.198. The topological polar surface area (TPSA) is 52.6 Å². The lowest BCUT2D eigenvalue weighted by atomic mass is 10.1. The van der Waals surface area contributed by atoms with Gasteiger partial charge in [-0.1, -0.05) is 18.2 Å². The number of fused-ring (bicyclic) bond motifs is 1. The molecule has 2 N–H and O–H groups in total. The Morgan fingerprint density at radius 1 is 1.50 bits per heavy atom. The third kappa shape index (κ3) is 2.48. The van der Waals surface area contributed by atoms with Crippen LogP contribution in [0.4, 0.5) is 5.69 Å². The van der Waals surface area contributed by atoms with Crippen molar-refractivity contribution in [2.75, 3.05) is 18.5 Å². The van der Waals surface area contributed by atoms with E-state index in [1.807, 2.05) is 38.1 Å². The molecule has 18 heavy (non-hydrogen) atoms. The number of carbonyl (C=O) groups excluding carboxylic acids is 1. The van der Waals surface area contributed by atoms with E-state index in [9.17, 15) is 4.79 Å². The molecular weight excluding hydrogens is 228 g/mol. The number of carbonyl (C=O) groups is 1. The molecule has 0 radical (unpaired) electrons. The van der Waals surface area contributed by atoms with Crippen LogP contribution in [-0.2, 0) is 11.2 Å². The predicted molar refractivity (Wildman–Crippen MR) is 71.5 cm³/mol. The van der Waals surface area contributed by atoms with E-state index in [-0.39, 0.29) is 24.6 Å². The average molecular weight is 248 g/mol. The Bertz CT molecular complexity index is 407. The van der Waals surface area contributed by atoms with Crippen molar-refractivity contribution in [1.29, 1.82) is 0 Å². The Kier molecular flexibility index (Phi) is 3.87. The van der Waals surface area contributed by atoms with Crippen LogP contribution >= 0.6 is 0 Å². The molecule has 0 saturated heterocycles. The smallest absolute Gasteiger partial charge is 0.245 e. The highest BCUT2D eigenvalue weighted by Crippen LogP contribution is 2.26. The van der Waals surface area contributed by atoms with Crippen LogP contribution in [0.15, 0.2) is 24.3 Å². The molecule has 98 valence electrons. The molecule has 1 amide bonds. The molecule has 1 heterocycles. The van der Waals surface area contributed by atoms with Gasteiger partial charge in [-0.25, -0.2) is 0 Å². The lowest BCUT2D eigenvalue weighted by Crippen LogP contribution is -2.46. The van der Waals surface area contributed by atoms with Gasteiger partial charge in [-0.2, -0.15) is 0 Å². The monoisotopic (exact) mass is 248 g/mol. The summed E-state index contributed by atoms with van der Waals surface area (Å²) in [6.07, 6.45) is 0.726. The first-order valence-corrected chi connectivity index (χ1v) is 6.39. The number of amides is 1. The van der Waals surface area contributed by atoms with Crippen LogP contribution in [0.25, 0.3) is 0 Å². The van der Waals surface area contributed by atoms with Gasteiger partial charge in [0.15, 0.2) is 0 Å². The van der Waals surface area contributed by atoms with Gasteiger partial charge in [0.2, 0.25) is 5.91 Å². The maximum atomic E-state index is 12.4. The number of nitrogens with zero attached hydrogens (tertiary/aromatic N) is 1. The minimum Gasteiger partial charge on any atom is -0.395 e. The molecule has 0 aromatic heterocycles. The standard InChI is InChI=1S/C14H20N2O2/c1-10(2)16(7-8-17)14(18)13-9-11-5-3-4-6-12(11)15-13/h3-6,10,13,15,17H,7-9H2,1-2H3/t13-/m0/s1. The molecular formula is C14H20N2O2. The molecule has 0 fully saturated rings. The summed E-state index contributed by atoms with van der Waals surface area (Å²) in [6, 6.07) is 7.90. The Balaban J connectivity index is 2.08. The molecule has 0 bridgehead atoms. The second-order valence-corrected chi connectivity index (χ2v) is 4.91. The largest absolute Gasteiger partial charge is 0.395 e. The molecule has 1 atom stereocenters. The number of nitrogens with one attached hydrogen (secondary N) is 1. The van der Waals surface area contributed by atoms with E-state index >= 15 is 0 Å². The number of hydrogen-bond acceptors (Lipinski definition) is 3. The normalized spacial score (nSPS) is 17.4. The van der Waals surface area contributed by atoms with Crippen molar-refractivity contribution < 1.29 is 9.90 Å². The van der Waals surface area contributed by atoms with E-state index in [0.29, 0.717) is 6.54 Å². The number of rotatable bonds is 4. The molecule has 0 saturated carbocycles. The van der Waals surface area contributed by atoms with Gasteiger partial charge in [-0.3, -0.25) is 4.79 Å². The molecule has 4 nitrogen and oxygen atoms in total. The zero-order valence-corrected chi connectivity index (χ0v) is 10.9. The average Bonchev–Trinajstić information content (AvgIpc) is 2.78. The number of anilines is 1. The zero-order valence-electron chi connectivity index (χ0n) is 10.9. The lowest BCUT2D eigenvalue weighted by Gasteiger charge is -2.28. The molecule has 1 aromatic rings. The summed E-state index contributed by atoms with van der Waals surface area (Å²) in [7, 11) is 0. The highest BCUT2D eigenvalue weighted by atomic mass is 16.3. The summed E-state index contributed by atoms with van der Waals surface area (Å²) in [5.74, 6) is 0.0650. The molecule has 1 aliphatic rings. The number of hydrogen-bond donors (Lipinski definition) is 2. The molecule has 0 unspecified atom stereocenters. The SMILES string of the molecule is CC(C)N(CCO)C(=O)[C@@H]1Cc2ccccc2N1. The van der Waals surface area contributed by atoms with Gasteiger partial charge < -0.3 is 15.3 Å². The second-order valence-electron chi connectivity index (χ2n) is 4.91. The van der Waals surface area contributed by atoms with Crippen LogP contribution in [0, 0.1) is 0 Å². The maximum Gasteiger partial charge on any atom is 0.245 e. The number of aliphatic hydroxyl groups excluding tert-OH is 1. The van der Waals surface area contributed by atoms with Crippen molar-refractivity contribution in [3.05, 3.63) is 29.8 Å². The van der Waals surface area contributed by atoms with Gasteiger partial charge in [-0.15, -0.1) is 0 Å². The van der Waals surface area contributed by atoms with Crippen LogP contribution in [-0.4, -0.2) is 41.1 Å². The predicted octanol–water partition coefficient (Wildman–Crippen LogP) is 1.25. The van der Waals surface area contributed by atoms with E-state index in [0.717, 1.165) is 12.1 Å². The van der Waals surface area contributed by atoms with E-state index in [1.54, 1.807) is 4.90 Å². The summed E-state index contributed by atoms with van der Waals surface area (Å²) in [4.78, 5) is 14.1. The fourth-order valence-corrected chi connectivity index (χ4v) is 2.38. The summed E-state index contributed by atoms with van der Waals surface area (Å²) in [5.41, 5.74) is 2.23. The first-order valence-electron chi connectivity index (χ1n) is 6.39. The van der Waals surface area contributed by atoms with Crippen molar-refractivity contribution in [2.24, 2.45) is 0 Å². The van der Waals surface area contributed by atoms with Crippen LogP contribution in [0.5, 0.6) is 0 Å². The van der Waals surface area contributed by atoms with E-state index in [4.69, 9.17) is 5.11 Å². The van der Waals surface area contributed by atoms with Crippen molar-refractivity contribution in [2.45, 2.75) is 32.4 Å². The van der Waals surface area contributed by atoms with Crippen molar-refractivity contribution in [3.63, 3.8) is 0 Å². The molecule has 1 aliphatic heterocycles. The van der Waals surface area contributed by atoms with Crippen molar-refractivity contribution in [1.82, 2.24) is 4.90 Å². The van der Waals surface area contributed by atoms with Gasteiger partial charge >= 0.3 is 0 Å². The number of benzene rings is 1. The summed E-state index contributed by atoms with van der Waals surface area (Å²) < 4.78 is 0. The molecule has 0 aliphatic carbocycles. The number of para-hydroxylation sites is 1. The van der Waals surface area contributed by atoms with Crippen molar-refractivity contribution in [3.8, 4) is 0 Å². The van der Waals surface area contributed by atoms with E-state index in [1.165, 1.54) is 5.56 Å². The maximum absolute atomic E-state index is 12.4. The highest BCUT2D eigenvalue weighted by Gasteiger charge is 2.30. The molecule has 0 spiro atoms. The van der Waals surface area contributed by atoms with E-state index < -0.39 is 0 Å². The van der Waals surface area contributed by atoms with Crippen LogP contribution in [0.1, 0.15) is 19.4 Å². The van der Waals surface area contributed by atoms with E-state index in [2.05, 4.69) is 5.32 Å². The summed E-state index contributed by atoms with van der Waals surface area (Å²) in [6.45, 7) is 4.33. The molecule has 4 heteroatoms. The van der Waals surface area contributed by atoms with Crippen LogP contribution in [0.2, 0.25) is 0 Å². The second kappa shape index (κ2) is 5.40. The van der Waals surface area contributed by atoms with Gasteiger partial charge in [0.25, 0.3) is 0 Å². The summed E-state index contributed by atoms with van der Waals surface area (Å²) >= 11 is 0. The van der Waals surface area contributed by atoms with Gasteiger partial charge in [0.05, 0.1) is 6.61 Å². The van der Waals surface area contributed by atoms with Gasteiger partial charge in [-0.05, 0) is 25.5 Å². The number of aliphatic hydroxyl groups is 1.